The Balaban J connectivity index is 1.34. The largest absolute Gasteiger partial charge is 0.342 e. The van der Waals surface area contributed by atoms with E-state index in [1.165, 1.54) is 24.3 Å². The van der Waals surface area contributed by atoms with E-state index in [-0.39, 0.29) is 23.6 Å². The molecule has 1 aliphatic heterocycles. The van der Waals surface area contributed by atoms with Crippen molar-refractivity contribution in [3.8, 4) is 22.4 Å². The van der Waals surface area contributed by atoms with Crippen LogP contribution in [0.3, 0.4) is 0 Å². The number of hydrogen-bond acceptors (Lipinski definition) is 3. The highest BCUT2D eigenvalue weighted by Gasteiger charge is 2.32. The summed E-state index contributed by atoms with van der Waals surface area (Å²) in [5, 5.41) is 6.88. The maximum atomic E-state index is 13.3. The van der Waals surface area contributed by atoms with E-state index in [9.17, 15) is 13.6 Å². The number of rotatable bonds is 5. The fraction of sp³-hybridized carbons (Fsp3) is 0.208. The number of halogens is 2. The Morgan fingerprint density at radius 3 is 2.41 bits per heavy atom. The van der Waals surface area contributed by atoms with Gasteiger partial charge in [-0.05, 0) is 60.4 Å². The highest BCUT2D eigenvalue weighted by molar-refractivity contribution is 5.99. The van der Waals surface area contributed by atoms with Crippen molar-refractivity contribution in [1.82, 2.24) is 25.1 Å². The summed E-state index contributed by atoms with van der Waals surface area (Å²) in [4.78, 5) is 22.9. The molecule has 1 atom stereocenters. The van der Waals surface area contributed by atoms with E-state index < -0.39 is 0 Å². The van der Waals surface area contributed by atoms with Gasteiger partial charge in [0.1, 0.15) is 23.2 Å². The second kappa shape index (κ2) is 8.37. The standard InChI is InChI=1S/C24H21F2N5O/c25-17-7-3-15(4-8-17)20-13-28-30-23(20)24(32)31-11-1-2-19(31)12-22-27-14-21(29-22)16-5-9-18(26)10-6-16/h3-10,13-14,19H,1-2,11-12H2,(H,27,29)(H,28,30)/t19-/m0/s1. The number of imidazole rings is 1. The molecule has 0 bridgehead atoms. The van der Waals surface area contributed by atoms with Crippen LogP contribution in [0.4, 0.5) is 8.78 Å². The highest BCUT2D eigenvalue weighted by Crippen LogP contribution is 2.28. The van der Waals surface area contributed by atoms with Crippen LogP contribution in [0, 0.1) is 11.6 Å². The summed E-state index contributed by atoms with van der Waals surface area (Å²) in [5.74, 6) is 0.0302. The van der Waals surface area contributed by atoms with Crippen LogP contribution in [-0.4, -0.2) is 43.6 Å². The summed E-state index contributed by atoms with van der Waals surface area (Å²) >= 11 is 0. The predicted molar refractivity (Wildman–Crippen MR) is 116 cm³/mol. The van der Waals surface area contributed by atoms with Gasteiger partial charge in [0, 0.05) is 24.6 Å². The van der Waals surface area contributed by atoms with Gasteiger partial charge in [-0.15, -0.1) is 0 Å². The van der Waals surface area contributed by atoms with E-state index in [1.807, 2.05) is 4.90 Å². The Kier molecular flexibility index (Phi) is 5.26. The fourth-order valence-corrected chi connectivity index (χ4v) is 4.22. The number of aromatic nitrogens is 4. The zero-order chi connectivity index (χ0) is 22.1. The Labute approximate surface area is 183 Å². The Morgan fingerprint density at radius 1 is 1.00 bits per heavy atom. The van der Waals surface area contributed by atoms with E-state index in [0.717, 1.165) is 35.5 Å². The van der Waals surface area contributed by atoms with Crippen LogP contribution in [-0.2, 0) is 6.42 Å². The monoisotopic (exact) mass is 433 g/mol. The number of likely N-dealkylation sites (tertiary alicyclic amines) is 1. The third-order valence-electron chi connectivity index (χ3n) is 5.86. The van der Waals surface area contributed by atoms with Crippen LogP contribution in [0.5, 0.6) is 0 Å². The van der Waals surface area contributed by atoms with Crippen molar-refractivity contribution in [2.24, 2.45) is 0 Å². The lowest BCUT2D eigenvalue weighted by Crippen LogP contribution is -2.37. The molecule has 0 radical (unpaired) electrons. The molecule has 1 aliphatic rings. The number of benzene rings is 2. The van der Waals surface area contributed by atoms with Gasteiger partial charge >= 0.3 is 0 Å². The molecule has 0 saturated carbocycles. The van der Waals surface area contributed by atoms with Gasteiger partial charge in [0.05, 0.1) is 18.1 Å². The van der Waals surface area contributed by atoms with Crippen molar-refractivity contribution >= 4 is 5.91 Å². The zero-order valence-corrected chi connectivity index (χ0v) is 17.2. The lowest BCUT2D eigenvalue weighted by atomic mass is 10.1. The molecule has 0 unspecified atom stereocenters. The van der Waals surface area contributed by atoms with Crippen molar-refractivity contribution in [3.05, 3.63) is 84.1 Å². The smallest absolute Gasteiger partial charge is 0.272 e. The first kappa shape index (κ1) is 20.1. The third-order valence-corrected chi connectivity index (χ3v) is 5.86. The quantitative estimate of drug-likeness (QED) is 0.483. The maximum Gasteiger partial charge on any atom is 0.272 e. The van der Waals surface area contributed by atoms with Crippen molar-refractivity contribution in [3.63, 3.8) is 0 Å². The van der Waals surface area contributed by atoms with Gasteiger partial charge in [0.15, 0.2) is 0 Å². The summed E-state index contributed by atoms with van der Waals surface area (Å²) in [7, 11) is 0. The maximum absolute atomic E-state index is 13.3. The molecular formula is C24H21F2N5O. The van der Waals surface area contributed by atoms with Gasteiger partial charge in [0.2, 0.25) is 0 Å². The topological polar surface area (TPSA) is 77.7 Å². The number of aromatic amines is 2. The van der Waals surface area contributed by atoms with Crippen molar-refractivity contribution < 1.29 is 13.6 Å². The third kappa shape index (κ3) is 3.91. The van der Waals surface area contributed by atoms with Crippen LogP contribution in [0.25, 0.3) is 22.4 Å². The first-order chi connectivity index (χ1) is 15.6. The van der Waals surface area contributed by atoms with E-state index in [0.29, 0.717) is 24.2 Å². The van der Waals surface area contributed by atoms with Gasteiger partial charge in [-0.1, -0.05) is 12.1 Å². The molecule has 5 rings (SSSR count). The number of carbonyl (C=O) groups excluding carboxylic acids is 1. The van der Waals surface area contributed by atoms with Crippen LogP contribution in [0.1, 0.15) is 29.2 Å². The summed E-state index contributed by atoms with van der Waals surface area (Å²) < 4.78 is 26.5. The van der Waals surface area contributed by atoms with Crippen LogP contribution >= 0.6 is 0 Å². The van der Waals surface area contributed by atoms with Crippen LogP contribution in [0.15, 0.2) is 60.9 Å². The van der Waals surface area contributed by atoms with Gasteiger partial charge in [-0.25, -0.2) is 13.8 Å². The summed E-state index contributed by atoms with van der Waals surface area (Å²) in [5.41, 5.74) is 3.44. The number of nitrogens with zero attached hydrogens (tertiary/aromatic N) is 3. The predicted octanol–water partition coefficient (Wildman–Crippen LogP) is 4.59. The van der Waals surface area contributed by atoms with E-state index in [1.54, 1.807) is 36.7 Å². The SMILES string of the molecule is O=C(c1[nH]ncc1-c1ccc(F)cc1)N1CCC[C@H]1Cc1ncc(-c2ccc(F)cc2)[nH]1. The molecule has 1 saturated heterocycles. The molecule has 1 amide bonds. The normalized spacial score (nSPS) is 15.9. The van der Waals surface area contributed by atoms with Crippen LogP contribution < -0.4 is 0 Å². The Hall–Kier alpha value is -3.81. The van der Waals surface area contributed by atoms with Gasteiger partial charge in [-0.2, -0.15) is 5.10 Å². The first-order valence-electron chi connectivity index (χ1n) is 10.5. The van der Waals surface area contributed by atoms with E-state index >= 15 is 0 Å². The lowest BCUT2D eigenvalue weighted by Gasteiger charge is -2.24. The Bertz CT molecular complexity index is 1230. The average molecular weight is 433 g/mol. The van der Waals surface area contributed by atoms with Gasteiger partial charge in [-0.3, -0.25) is 9.89 Å². The molecule has 0 aliphatic carbocycles. The molecule has 8 heteroatoms. The van der Waals surface area contributed by atoms with Crippen molar-refractivity contribution in [1.29, 1.82) is 0 Å². The second-order valence-corrected chi connectivity index (χ2v) is 7.91. The number of nitrogens with one attached hydrogen (secondary N) is 2. The zero-order valence-electron chi connectivity index (χ0n) is 17.2. The molecule has 0 spiro atoms. The summed E-state index contributed by atoms with van der Waals surface area (Å²) in [6, 6.07) is 12.2. The minimum Gasteiger partial charge on any atom is -0.342 e. The van der Waals surface area contributed by atoms with Gasteiger partial charge in [0.25, 0.3) is 5.91 Å². The molecule has 1 fully saturated rings. The first-order valence-corrected chi connectivity index (χ1v) is 10.5. The van der Waals surface area contributed by atoms with E-state index in [4.69, 9.17) is 0 Å². The van der Waals surface area contributed by atoms with Crippen LogP contribution in [0.2, 0.25) is 0 Å². The molecule has 162 valence electrons. The van der Waals surface area contributed by atoms with Crippen molar-refractivity contribution in [2.75, 3.05) is 6.54 Å². The second-order valence-electron chi connectivity index (χ2n) is 7.91. The average Bonchev–Trinajstić information content (AvgIpc) is 3.56. The molecule has 6 nitrogen and oxygen atoms in total. The molecule has 2 aromatic carbocycles. The van der Waals surface area contributed by atoms with Gasteiger partial charge < -0.3 is 9.88 Å². The summed E-state index contributed by atoms with van der Waals surface area (Å²) in [6.07, 6.45) is 5.69. The molecule has 2 N–H and O–H groups in total. The highest BCUT2D eigenvalue weighted by atomic mass is 19.1. The minimum atomic E-state index is -0.330. The van der Waals surface area contributed by atoms with Crippen molar-refractivity contribution in [2.45, 2.75) is 25.3 Å². The summed E-state index contributed by atoms with van der Waals surface area (Å²) in [6.45, 7) is 0.650. The van der Waals surface area contributed by atoms with E-state index in [2.05, 4.69) is 20.2 Å². The Morgan fingerprint density at radius 2 is 1.69 bits per heavy atom. The minimum absolute atomic E-state index is 0.000847. The lowest BCUT2D eigenvalue weighted by molar-refractivity contribution is 0.0730. The molecule has 3 heterocycles. The fourth-order valence-electron chi connectivity index (χ4n) is 4.22. The number of hydrogen-bond donors (Lipinski definition) is 2. The molecule has 32 heavy (non-hydrogen) atoms. The number of H-pyrrole nitrogens is 2. The number of amides is 1. The number of carbonyl (C=O) groups is 1. The molecule has 2 aromatic heterocycles. The molecular weight excluding hydrogens is 412 g/mol. The molecule has 4 aromatic rings.